The highest BCUT2D eigenvalue weighted by atomic mass is 19.3. The summed E-state index contributed by atoms with van der Waals surface area (Å²) in [5.74, 6) is -3.84. The number of nitrogens with zero attached hydrogens (tertiary/aromatic N) is 1. The Hall–Kier alpha value is -1.33. The molecule has 0 N–H and O–H groups in total. The number of pyridine rings is 1. The van der Waals surface area contributed by atoms with Crippen molar-refractivity contribution in [3.63, 3.8) is 0 Å². The minimum absolute atomic E-state index is 0.0373. The highest BCUT2D eigenvalue weighted by molar-refractivity contribution is 5.32. The Kier molecular flexibility index (Phi) is 3.22. The van der Waals surface area contributed by atoms with E-state index < -0.39 is 19.0 Å². The Morgan fingerprint density at radius 1 is 1.41 bits per heavy atom. The van der Waals surface area contributed by atoms with Crippen LogP contribution in [0.3, 0.4) is 0 Å². The van der Waals surface area contributed by atoms with E-state index in [-0.39, 0.29) is 11.8 Å². The molecule has 2 rings (SSSR count). The van der Waals surface area contributed by atoms with Crippen LogP contribution in [-0.2, 0) is 0 Å². The molecule has 94 valence electrons. The van der Waals surface area contributed by atoms with E-state index >= 15 is 0 Å². The van der Waals surface area contributed by atoms with Crippen molar-refractivity contribution >= 4 is 0 Å². The first-order valence-corrected chi connectivity index (χ1v) is 5.24. The van der Waals surface area contributed by atoms with Crippen LogP contribution in [0.25, 0.3) is 0 Å². The summed E-state index contributed by atoms with van der Waals surface area (Å²) in [6, 6.07) is 3.40. The molecule has 1 heterocycles. The lowest BCUT2D eigenvalue weighted by molar-refractivity contribution is -0.148. The number of aromatic nitrogens is 1. The molecule has 0 bridgehead atoms. The highest BCUT2D eigenvalue weighted by Gasteiger charge is 2.42. The zero-order valence-electron chi connectivity index (χ0n) is 8.88. The second-order valence-corrected chi connectivity index (χ2v) is 4.02. The molecular formula is C11H11F4NO. The van der Waals surface area contributed by atoms with Gasteiger partial charge < -0.3 is 4.74 Å². The van der Waals surface area contributed by atoms with E-state index in [1.165, 1.54) is 6.20 Å². The topological polar surface area (TPSA) is 22.1 Å². The summed E-state index contributed by atoms with van der Waals surface area (Å²) in [6.45, 7) is -1.35. The normalized spacial score (nSPS) is 16.3. The molecule has 0 spiro atoms. The molecule has 0 saturated heterocycles. The molecule has 0 radical (unpaired) electrons. The third-order valence-electron chi connectivity index (χ3n) is 2.54. The van der Waals surface area contributed by atoms with Crippen molar-refractivity contribution in [2.75, 3.05) is 6.61 Å². The average Bonchev–Trinajstić information content (AvgIpc) is 3.10. The molecular weight excluding hydrogens is 238 g/mol. The maximum Gasteiger partial charge on any atom is 0.340 e. The van der Waals surface area contributed by atoms with Gasteiger partial charge in [0.2, 0.25) is 5.88 Å². The molecule has 2 nitrogen and oxygen atoms in total. The Labute approximate surface area is 95.6 Å². The van der Waals surface area contributed by atoms with Crippen molar-refractivity contribution in [3.8, 4) is 5.88 Å². The van der Waals surface area contributed by atoms with E-state index in [4.69, 9.17) is 4.74 Å². The molecule has 1 aliphatic rings. The monoisotopic (exact) mass is 249 g/mol. The van der Waals surface area contributed by atoms with Crippen LogP contribution in [0.15, 0.2) is 18.3 Å². The Morgan fingerprint density at radius 2 is 2.12 bits per heavy atom. The minimum atomic E-state index is -4.14. The van der Waals surface area contributed by atoms with Gasteiger partial charge in [0.1, 0.15) is 0 Å². The molecule has 1 aliphatic carbocycles. The SMILES string of the molecule is FC(F)C(F)(F)COc1ncccc1C1CC1. The molecule has 17 heavy (non-hydrogen) atoms. The summed E-state index contributed by atoms with van der Waals surface area (Å²) in [7, 11) is 0. The highest BCUT2D eigenvalue weighted by Crippen LogP contribution is 2.43. The fraction of sp³-hybridized carbons (Fsp3) is 0.545. The van der Waals surface area contributed by atoms with Crippen molar-refractivity contribution in [2.24, 2.45) is 0 Å². The molecule has 0 aromatic carbocycles. The van der Waals surface area contributed by atoms with Gasteiger partial charge in [-0.05, 0) is 24.8 Å². The maximum absolute atomic E-state index is 12.7. The average molecular weight is 249 g/mol. The van der Waals surface area contributed by atoms with Gasteiger partial charge in [-0.25, -0.2) is 13.8 Å². The zero-order valence-corrected chi connectivity index (χ0v) is 8.88. The van der Waals surface area contributed by atoms with Gasteiger partial charge in [0, 0.05) is 11.8 Å². The van der Waals surface area contributed by atoms with Crippen molar-refractivity contribution in [1.82, 2.24) is 4.98 Å². The standard InChI is InChI=1S/C11H11F4NO/c12-10(13)11(14,15)6-17-9-8(7-3-4-7)2-1-5-16-9/h1-2,5,7,10H,3-4,6H2. The molecule has 1 aromatic rings. The van der Waals surface area contributed by atoms with Crippen LogP contribution in [0.1, 0.15) is 24.3 Å². The van der Waals surface area contributed by atoms with Crippen LogP contribution in [0.5, 0.6) is 5.88 Å². The van der Waals surface area contributed by atoms with Crippen molar-refractivity contribution < 1.29 is 22.3 Å². The van der Waals surface area contributed by atoms with E-state index in [1.807, 2.05) is 0 Å². The summed E-state index contributed by atoms with van der Waals surface area (Å²) < 4.78 is 54.0. The van der Waals surface area contributed by atoms with Crippen LogP contribution in [-0.4, -0.2) is 23.9 Å². The fourth-order valence-electron chi connectivity index (χ4n) is 1.46. The number of halogens is 4. The van der Waals surface area contributed by atoms with Gasteiger partial charge in [-0.1, -0.05) is 6.07 Å². The number of rotatable bonds is 5. The van der Waals surface area contributed by atoms with E-state index in [9.17, 15) is 17.6 Å². The van der Waals surface area contributed by atoms with Gasteiger partial charge in [0.25, 0.3) is 0 Å². The fourth-order valence-corrected chi connectivity index (χ4v) is 1.46. The molecule has 0 atom stereocenters. The van der Waals surface area contributed by atoms with Crippen LogP contribution in [0.2, 0.25) is 0 Å². The van der Waals surface area contributed by atoms with Gasteiger partial charge in [0.05, 0.1) is 0 Å². The molecule has 6 heteroatoms. The molecule has 1 aromatic heterocycles. The first-order valence-electron chi connectivity index (χ1n) is 5.24. The van der Waals surface area contributed by atoms with E-state index in [0.29, 0.717) is 0 Å². The minimum Gasteiger partial charge on any atom is -0.471 e. The summed E-state index contributed by atoms with van der Waals surface area (Å²) in [6.07, 6.45) is -0.432. The third kappa shape index (κ3) is 2.87. The number of alkyl halides is 4. The summed E-state index contributed by atoms with van der Waals surface area (Å²) in [5, 5.41) is 0. The second kappa shape index (κ2) is 4.50. The number of ether oxygens (including phenoxy) is 1. The van der Waals surface area contributed by atoms with Gasteiger partial charge in [-0.2, -0.15) is 8.78 Å². The molecule has 1 fully saturated rings. The second-order valence-electron chi connectivity index (χ2n) is 4.02. The lowest BCUT2D eigenvalue weighted by Gasteiger charge is -2.16. The Bertz CT molecular complexity index is 393. The van der Waals surface area contributed by atoms with Gasteiger partial charge >= 0.3 is 12.3 Å². The Morgan fingerprint density at radius 3 is 2.71 bits per heavy atom. The zero-order chi connectivity index (χ0) is 12.5. The predicted molar refractivity (Wildman–Crippen MR) is 52.7 cm³/mol. The van der Waals surface area contributed by atoms with E-state index in [2.05, 4.69) is 4.98 Å². The van der Waals surface area contributed by atoms with Crippen molar-refractivity contribution in [1.29, 1.82) is 0 Å². The number of hydrogen-bond donors (Lipinski definition) is 0. The van der Waals surface area contributed by atoms with Crippen molar-refractivity contribution in [3.05, 3.63) is 23.9 Å². The summed E-state index contributed by atoms with van der Waals surface area (Å²) in [5.41, 5.74) is 0.720. The first-order chi connectivity index (χ1) is 8.00. The first kappa shape index (κ1) is 12.1. The lowest BCUT2D eigenvalue weighted by Crippen LogP contribution is -2.34. The van der Waals surface area contributed by atoms with E-state index in [1.54, 1.807) is 12.1 Å². The maximum atomic E-state index is 12.7. The smallest absolute Gasteiger partial charge is 0.340 e. The quantitative estimate of drug-likeness (QED) is 0.747. The van der Waals surface area contributed by atoms with Crippen LogP contribution in [0.4, 0.5) is 17.6 Å². The molecule has 0 aliphatic heterocycles. The molecule has 1 saturated carbocycles. The molecule has 0 unspecified atom stereocenters. The van der Waals surface area contributed by atoms with E-state index in [0.717, 1.165) is 18.4 Å². The van der Waals surface area contributed by atoms with Gasteiger partial charge in [0.15, 0.2) is 6.61 Å². The van der Waals surface area contributed by atoms with Crippen LogP contribution < -0.4 is 4.74 Å². The lowest BCUT2D eigenvalue weighted by atomic mass is 10.2. The van der Waals surface area contributed by atoms with Gasteiger partial charge in [-0.15, -0.1) is 0 Å². The van der Waals surface area contributed by atoms with Gasteiger partial charge in [-0.3, -0.25) is 0 Å². The number of hydrogen-bond acceptors (Lipinski definition) is 2. The largest absolute Gasteiger partial charge is 0.471 e. The third-order valence-corrected chi connectivity index (χ3v) is 2.54. The van der Waals surface area contributed by atoms with Crippen LogP contribution in [0, 0.1) is 0 Å². The summed E-state index contributed by atoms with van der Waals surface area (Å²) >= 11 is 0. The predicted octanol–water partition coefficient (Wildman–Crippen LogP) is 3.24. The molecule has 0 amide bonds. The van der Waals surface area contributed by atoms with Crippen molar-refractivity contribution in [2.45, 2.75) is 31.1 Å². The summed E-state index contributed by atoms with van der Waals surface area (Å²) in [4.78, 5) is 3.80. The Balaban J connectivity index is 2.04. The van der Waals surface area contributed by atoms with Crippen LogP contribution >= 0.6 is 0 Å².